The SMILES string of the molecule is [2H][C@]1(O)CC(O)O[C@H](CO)C1. The summed E-state index contributed by atoms with van der Waals surface area (Å²) in [5.41, 5.74) is 0. The molecule has 3 N–H and O–H groups in total. The predicted octanol–water partition coefficient (Wildman–Crippen LogP) is -1.16. The Morgan fingerprint density at radius 2 is 2.20 bits per heavy atom. The zero-order valence-corrected chi connectivity index (χ0v) is 5.53. The molecule has 1 aliphatic rings. The highest BCUT2D eigenvalue weighted by Crippen LogP contribution is 2.17. The summed E-state index contributed by atoms with van der Waals surface area (Å²) in [6, 6.07) is 0. The normalized spacial score (nSPS) is 50.5. The van der Waals surface area contributed by atoms with Crippen LogP contribution < -0.4 is 0 Å². The molecule has 10 heavy (non-hydrogen) atoms. The monoisotopic (exact) mass is 149 g/mol. The predicted molar refractivity (Wildman–Crippen MR) is 33.2 cm³/mol. The van der Waals surface area contributed by atoms with E-state index in [1.807, 2.05) is 0 Å². The van der Waals surface area contributed by atoms with Crippen molar-refractivity contribution >= 4 is 0 Å². The van der Waals surface area contributed by atoms with E-state index in [-0.39, 0.29) is 19.4 Å². The number of ether oxygens (including phenoxy) is 1. The van der Waals surface area contributed by atoms with Gasteiger partial charge in [-0.3, -0.25) is 0 Å². The Balaban J connectivity index is 2.51. The van der Waals surface area contributed by atoms with Gasteiger partial charge in [-0.2, -0.15) is 0 Å². The van der Waals surface area contributed by atoms with Crippen molar-refractivity contribution in [3.63, 3.8) is 0 Å². The van der Waals surface area contributed by atoms with Gasteiger partial charge >= 0.3 is 0 Å². The van der Waals surface area contributed by atoms with Crippen LogP contribution in [-0.4, -0.2) is 40.4 Å². The Bertz CT molecular complexity index is 139. The zero-order chi connectivity index (χ0) is 8.48. The average molecular weight is 149 g/mol. The molecule has 0 bridgehead atoms. The summed E-state index contributed by atoms with van der Waals surface area (Å²) in [6.07, 6.45) is -3.50. The standard InChI is InChI=1S/C6H12O4/c7-3-5-1-4(8)2-6(9)10-5/h4-9H,1-3H2/t4-,5+,6?/m1/s1/i4D. The van der Waals surface area contributed by atoms with E-state index < -0.39 is 18.5 Å². The molecular formula is C6H12O4. The van der Waals surface area contributed by atoms with E-state index in [0.29, 0.717) is 0 Å². The maximum absolute atomic E-state index is 9.16. The number of rotatable bonds is 1. The number of hydrogen-bond donors (Lipinski definition) is 3. The highest BCUT2D eigenvalue weighted by Gasteiger charge is 2.25. The molecule has 4 nitrogen and oxygen atoms in total. The summed E-state index contributed by atoms with van der Waals surface area (Å²) >= 11 is 0. The molecule has 0 amide bonds. The number of aliphatic hydroxyl groups is 3. The van der Waals surface area contributed by atoms with Gasteiger partial charge in [0.25, 0.3) is 0 Å². The summed E-state index contributed by atoms with van der Waals surface area (Å²) in [6.45, 7) is -0.280. The van der Waals surface area contributed by atoms with Crippen molar-refractivity contribution < 1.29 is 21.4 Å². The van der Waals surface area contributed by atoms with Gasteiger partial charge < -0.3 is 20.1 Å². The molecular weight excluding hydrogens is 136 g/mol. The third-order valence-electron chi connectivity index (χ3n) is 1.43. The minimum Gasteiger partial charge on any atom is -0.394 e. The number of aliphatic hydroxyl groups excluding tert-OH is 2. The molecule has 0 aromatic carbocycles. The molecule has 1 rings (SSSR count). The summed E-state index contributed by atoms with van der Waals surface area (Å²) in [5, 5.41) is 26.7. The van der Waals surface area contributed by atoms with Crippen molar-refractivity contribution in [1.29, 1.82) is 0 Å². The Morgan fingerprint density at radius 3 is 2.70 bits per heavy atom. The van der Waals surface area contributed by atoms with E-state index in [1.54, 1.807) is 0 Å². The Labute approximate surface area is 60.5 Å². The van der Waals surface area contributed by atoms with Crippen LogP contribution in [0.3, 0.4) is 0 Å². The molecule has 0 saturated carbocycles. The molecule has 1 aliphatic heterocycles. The molecule has 1 heterocycles. The lowest BCUT2D eigenvalue weighted by molar-refractivity contribution is -0.197. The van der Waals surface area contributed by atoms with Crippen molar-refractivity contribution in [2.75, 3.05) is 6.61 Å². The molecule has 0 radical (unpaired) electrons. The van der Waals surface area contributed by atoms with Crippen LogP contribution in [0.5, 0.6) is 0 Å². The fraction of sp³-hybridized carbons (Fsp3) is 1.00. The Kier molecular flexibility index (Phi) is 2.16. The summed E-state index contributed by atoms with van der Waals surface area (Å²) in [7, 11) is 0. The van der Waals surface area contributed by atoms with E-state index in [0.717, 1.165) is 0 Å². The summed E-state index contributed by atoms with van der Waals surface area (Å²) < 4.78 is 12.0. The summed E-state index contributed by atoms with van der Waals surface area (Å²) in [4.78, 5) is 0. The Morgan fingerprint density at radius 1 is 1.50 bits per heavy atom. The average Bonchev–Trinajstić information content (AvgIpc) is 1.83. The second kappa shape index (κ2) is 3.30. The van der Waals surface area contributed by atoms with Gasteiger partial charge in [0.05, 0.1) is 20.2 Å². The fourth-order valence-electron chi connectivity index (χ4n) is 0.974. The fourth-order valence-corrected chi connectivity index (χ4v) is 0.974. The molecule has 60 valence electrons. The lowest BCUT2D eigenvalue weighted by atomic mass is 10.1. The van der Waals surface area contributed by atoms with Gasteiger partial charge in [-0.05, 0) is 0 Å². The van der Waals surface area contributed by atoms with Crippen molar-refractivity contribution in [2.45, 2.75) is 31.3 Å². The van der Waals surface area contributed by atoms with Crippen molar-refractivity contribution in [3.8, 4) is 0 Å². The van der Waals surface area contributed by atoms with Gasteiger partial charge in [0.15, 0.2) is 6.29 Å². The van der Waals surface area contributed by atoms with Gasteiger partial charge in [-0.15, -0.1) is 0 Å². The van der Waals surface area contributed by atoms with Crippen LogP contribution in [-0.2, 0) is 4.74 Å². The first kappa shape index (κ1) is 6.54. The van der Waals surface area contributed by atoms with Crippen LogP contribution in [0.1, 0.15) is 14.2 Å². The van der Waals surface area contributed by atoms with Crippen molar-refractivity contribution in [3.05, 3.63) is 0 Å². The van der Waals surface area contributed by atoms with Gasteiger partial charge in [0.1, 0.15) is 0 Å². The molecule has 0 aliphatic carbocycles. The maximum atomic E-state index is 9.16. The lowest BCUT2D eigenvalue weighted by Gasteiger charge is -2.28. The van der Waals surface area contributed by atoms with Crippen LogP contribution >= 0.6 is 0 Å². The first-order valence-corrected chi connectivity index (χ1v) is 3.20. The first-order valence-electron chi connectivity index (χ1n) is 3.70. The zero-order valence-electron chi connectivity index (χ0n) is 6.53. The number of hydrogen-bond acceptors (Lipinski definition) is 4. The molecule has 1 fully saturated rings. The van der Waals surface area contributed by atoms with E-state index >= 15 is 0 Å². The molecule has 1 saturated heterocycles. The first-order chi connectivity index (χ1) is 5.03. The lowest BCUT2D eigenvalue weighted by Crippen LogP contribution is -2.37. The van der Waals surface area contributed by atoms with E-state index in [9.17, 15) is 0 Å². The van der Waals surface area contributed by atoms with E-state index in [1.165, 1.54) is 0 Å². The Hall–Kier alpha value is -0.160. The molecule has 0 spiro atoms. The quantitative estimate of drug-likeness (QED) is 0.439. The topological polar surface area (TPSA) is 69.9 Å². The largest absolute Gasteiger partial charge is 0.394 e. The smallest absolute Gasteiger partial charge is 0.157 e. The highest BCUT2D eigenvalue weighted by molar-refractivity contribution is 4.71. The minimum atomic E-state index is -1.66. The minimum absolute atomic E-state index is 0.0422. The van der Waals surface area contributed by atoms with Crippen molar-refractivity contribution in [1.82, 2.24) is 0 Å². The highest BCUT2D eigenvalue weighted by atomic mass is 16.6. The molecule has 3 atom stereocenters. The van der Waals surface area contributed by atoms with Crippen molar-refractivity contribution in [2.24, 2.45) is 0 Å². The molecule has 4 heteroatoms. The molecule has 1 unspecified atom stereocenters. The maximum Gasteiger partial charge on any atom is 0.157 e. The second-order valence-corrected chi connectivity index (χ2v) is 2.37. The molecule has 0 aromatic heterocycles. The van der Waals surface area contributed by atoms with Crippen LogP contribution in [0, 0.1) is 0 Å². The van der Waals surface area contributed by atoms with Crippen LogP contribution in [0.15, 0.2) is 0 Å². The second-order valence-electron chi connectivity index (χ2n) is 2.37. The third-order valence-corrected chi connectivity index (χ3v) is 1.43. The van der Waals surface area contributed by atoms with Gasteiger partial charge in [-0.1, -0.05) is 0 Å². The van der Waals surface area contributed by atoms with Crippen LogP contribution in [0.4, 0.5) is 0 Å². The van der Waals surface area contributed by atoms with Crippen LogP contribution in [0.25, 0.3) is 0 Å². The van der Waals surface area contributed by atoms with E-state index in [4.69, 9.17) is 21.4 Å². The molecule has 0 aromatic rings. The summed E-state index contributed by atoms with van der Waals surface area (Å²) in [5.74, 6) is 0. The van der Waals surface area contributed by atoms with E-state index in [2.05, 4.69) is 0 Å². The van der Waals surface area contributed by atoms with Gasteiger partial charge in [-0.25, -0.2) is 0 Å². The van der Waals surface area contributed by atoms with Gasteiger partial charge in [0, 0.05) is 12.8 Å². The van der Waals surface area contributed by atoms with Crippen LogP contribution in [0.2, 0.25) is 0 Å². The van der Waals surface area contributed by atoms with Gasteiger partial charge in [0.2, 0.25) is 0 Å². The third kappa shape index (κ3) is 1.91.